The number of allylic oxidation sites excluding steroid dienone is 4. The molecule has 0 bridgehead atoms. The lowest BCUT2D eigenvalue weighted by Gasteiger charge is -2.35. The molecule has 3 rings (SSSR count). The Hall–Kier alpha value is -2.67. The van der Waals surface area contributed by atoms with Crippen LogP contribution in [-0.2, 0) is 4.79 Å². The number of hydrogen-bond acceptors (Lipinski definition) is 3. The van der Waals surface area contributed by atoms with Gasteiger partial charge in [0.25, 0.3) is 0 Å². The van der Waals surface area contributed by atoms with E-state index in [1.807, 2.05) is 18.0 Å². The van der Waals surface area contributed by atoms with E-state index in [-0.39, 0.29) is 11.7 Å². The molecule has 122 valence electrons. The third kappa shape index (κ3) is 2.37. The summed E-state index contributed by atoms with van der Waals surface area (Å²) in [6.45, 7) is 3.88. The SMILES string of the molecule is C=CC1=C(N(C)c2ccc(F)cc2)C=C2CCC(C=O)C2(C#N)C1. The zero-order chi connectivity index (χ0) is 17.3. The van der Waals surface area contributed by atoms with Gasteiger partial charge in [-0.15, -0.1) is 0 Å². The lowest BCUT2D eigenvalue weighted by atomic mass is 9.69. The topological polar surface area (TPSA) is 44.1 Å². The number of halogens is 1. The molecule has 0 N–H and O–H groups in total. The maximum Gasteiger partial charge on any atom is 0.125 e. The molecule has 0 radical (unpaired) electrons. The fourth-order valence-electron chi connectivity index (χ4n) is 3.78. The van der Waals surface area contributed by atoms with Crippen molar-refractivity contribution in [3.63, 3.8) is 0 Å². The summed E-state index contributed by atoms with van der Waals surface area (Å²) in [4.78, 5) is 13.4. The highest BCUT2D eigenvalue weighted by Gasteiger charge is 2.49. The number of nitrogens with zero attached hydrogens (tertiary/aromatic N) is 2. The number of fused-ring (bicyclic) bond motifs is 1. The quantitative estimate of drug-likeness (QED) is 0.782. The van der Waals surface area contributed by atoms with Crippen molar-refractivity contribution in [2.45, 2.75) is 19.3 Å². The van der Waals surface area contributed by atoms with Crippen LogP contribution in [0.25, 0.3) is 0 Å². The van der Waals surface area contributed by atoms with Gasteiger partial charge in [0.05, 0.1) is 11.5 Å². The van der Waals surface area contributed by atoms with Crippen LogP contribution < -0.4 is 4.90 Å². The van der Waals surface area contributed by atoms with Gasteiger partial charge in [0.1, 0.15) is 12.1 Å². The van der Waals surface area contributed by atoms with Gasteiger partial charge < -0.3 is 9.69 Å². The van der Waals surface area contributed by atoms with Gasteiger partial charge in [-0.3, -0.25) is 0 Å². The normalized spacial score (nSPS) is 25.5. The Morgan fingerprint density at radius 3 is 2.71 bits per heavy atom. The first kappa shape index (κ1) is 16.2. The minimum atomic E-state index is -0.738. The molecular weight excluding hydrogens is 303 g/mol. The maximum atomic E-state index is 13.2. The first-order chi connectivity index (χ1) is 11.6. The summed E-state index contributed by atoms with van der Waals surface area (Å²) in [6, 6.07) is 8.69. The van der Waals surface area contributed by atoms with E-state index in [1.165, 1.54) is 12.1 Å². The van der Waals surface area contributed by atoms with E-state index < -0.39 is 5.41 Å². The molecule has 2 aliphatic rings. The molecule has 1 aromatic rings. The third-order valence-electron chi connectivity index (χ3n) is 5.23. The Morgan fingerprint density at radius 2 is 2.12 bits per heavy atom. The van der Waals surface area contributed by atoms with Crippen LogP contribution >= 0.6 is 0 Å². The summed E-state index contributed by atoms with van der Waals surface area (Å²) in [7, 11) is 1.91. The molecule has 0 spiro atoms. The highest BCUT2D eigenvalue weighted by molar-refractivity contribution is 5.65. The molecule has 0 aromatic heterocycles. The van der Waals surface area contributed by atoms with Crippen LogP contribution in [0.3, 0.4) is 0 Å². The highest BCUT2D eigenvalue weighted by Crippen LogP contribution is 2.53. The molecule has 3 nitrogen and oxygen atoms in total. The van der Waals surface area contributed by atoms with Crippen molar-refractivity contribution in [1.82, 2.24) is 0 Å². The number of anilines is 1. The van der Waals surface area contributed by atoms with Crippen molar-refractivity contribution in [1.29, 1.82) is 5.26 Å². The average molecular weight is 322 g/mol. The van der Waals surface area contributed by atoms with Crippen molar-refractivity contribution in [3.05, 3.63) is 65.7 Å². The Kier molecular flexibility index (Phi) is 4.11. The van der Waals surface area contributed by atoms with Crippen LogP contribution in [0.5, 0.6) is 0 Å². The van der Waals surface area contributed by atoms with Gasteiger partial charge in [0.15, 0.2) is 0 Å². The van der Waals surface area contributed by atoms with Crippen LogP contribution in [0.1, 0.15) is 19.3 Å². The van der Waals surface area contributed by atoms with Gasteiger partial charge in [-0.2, -0.15) is 5.26 Å². The van der Waals surface area contributed by atoms with E-state index in [9.17, 15) is 14.4 Å². The molecule has 1 fully saturated rings. The molecule has 24 heavy (non-hydrogen) atoms. The molecule has 0 saturated heterocycles. The molecule has 2 aliphatic carbocycles. The Bertz CT molecular complexity index is 785. The Morgan fingerprint density at radius 1 is 1.42 bits per heavy atom. The standard InChI is InChI=1S/C20H19FN2O/c1-3-14-11-20(13-22)15(4-5-16(20)12-24)10-19(14)23(2)18-8-6-17(21)7-9-18/h3,6-10,12,16H,1,4-5,11H2,2H3. The number of nitriles is 1. The molecule has 2 unspecified atom stereocenters. The van der Waals surface area contributed by atoms with Crippen LogP contribution in [0.15, 0.2) is 59.8 Å². The molecule has 0 heterocycles. The Balaban J connectivity index is 2.04. The monoisotopic (exact) mass is 322 g/mol. The number of likely N-dealkylation sites (N-methyl/N-ethyl adjacent to an activating group) is 1. The van der Waals surface area contributed by atoms with Gasteiger partial charge in [-0.1, -0.05) is 12.7 Å². The van der Waals surface area contributed by atoms with E-state index in [2.05, 4.69) is 12.6 Å². The van der Waals surface area contributed by atoms with Crippen molar-refractivity contribution in [2.24, 2.45) is 11.3 Å². The summed E-state index contributed by atoms with van der Waals surface area (Å²) in [5.41, 5.74) is 3.01. The van der Waals surface area contributed by atoms with Crippen molar-refractivity contribution < 1.29 is 9.18 Å². The predicted octanol–water partition coefficient (Wildman–Crippen LogP) is 4.15. The van der Waals surface area contributed by atoms with E-state index >= 15 is 0 Å². The predicted molar refractivity (Wildman–Crippen MR) is 91.6 cm³/mol. The third-order valence-corrected chi connectivity index (χ3v) is 5.23. The fourth-order valence-corrected chi connectivity index (χ4v) is 3.78. The average Bonchev–Trinajstić information content (AvgIpc) is 2.98. The van der Waals surface area contributed by atoms with Crippen molar-refractivity contribution in [3.8, 4) is 6.07 Å². The molecule has 2 atom stereocenters. The van der Waals surface area contributed by atoms with Crippen LogP contribution in [0.4, 0.5) is 10.1 Å². The number of benzene rings is 1. The molecular formula is C20H19FN2O. The molecule has 0 aliphatic heterocycles. The number of carbonyl (C=O) groups excluding carboxylic acids is 1. The second kappa shape index (κ2) is 6.09. The van der Waals surface area contributed by atoms with E-state index in [0.717, 1.165) is 35.2 Å². The van der Waals surface area contributed by atoms with Gasteiger partial charge in [0.2, 0.25) is 0 Å². The molecule has 4 heteroatoms. The lowest BCUT2D eigenvalue weighted by molar-refractivity contribution is -0.112. The first-order valence-electron chi connectivity index (χ1n) is 7.98. The lowest BCUT2D eigenvalue weighted by Crippen LogP contribution is -2.31. The molecule has 1 saturated carbocycles. The zero-order valence-electron chi connectivity index (χ0n) is 13.6. The number of aldehydes is 1. The van der Waals surface area contributed by atoms with Crippen LogP contribution in [-0.4, -0.2) is 13.3 Å². The summed E-state index contributed by atoms with van der Waals surface area (Å²) in [6.07, 6.45) is 6.63. The number of hydrogen-bond donors (Lipinski definition) is 0. The molecule has 0 amide bonds. The van der Waals surface area contributed by atoms with Gasteiger partial charge >= 0.3 is 0 Å². The van der Waals surface area contributed by atoms with E-state index in [1.54, 1.807) is 18.2 Å². The van der Waals surface area contributed by atoms with E-state index in [4.69, 9.17) is 0 Å². The van der Waals surface area contributed by atoms with Crippen molar-refractivity contribution in [2.75, 3.05) is 11.9 Å². The minimum Gasteiger partial charge on any atom is -0.344 e. The summed E-state index contributed by atoms with van der Waals surface area (Å²) in [5, 5.41) is 9.78. The maximum absolute atomic E-state index is 13.2. The van der Waals surface area contributed by atoms with Gasteiger partial charge in [-0.25, -0.2) is 4.39 Å². The summed E-state index contributed by atoms with van der Waals surface area (Å²) in [5.74, 6) is -0.540. The minimum absolute atomic E-state index is 0.263. The second-order valence-corrected chi connectivity index (χ2v) is 6.36. The highest BCUT2D eigenvalue weighted by atomic mass is 19.1. The van der Waals surface area contributed by atoms with E-state index in [0.29, 0.717) is 12.8 Å². The summed E-state index contributed by atoms with van der Waals surface area (Å²) < 4.78 is 13.2. The largest absolute Gasteiger partial charge is 0.344 e. The van der Waals surface area contributed by atoms with Crippen molar-refractivity contribution >= 4 is 12.0 Å². The molecule has 1 aromatic carbocycles. The van der Waals surface area contributed by atoms with Crippen LogP contribution in [0, 0.1) is 28.5 Å². The smallest absolute Gasteiger partial charge is 0.125 e. The number of carbonyl (C=O) groups is 1. The first-order valence-corrected chi connectivity index (χ1v) is 7.98. The zero-order valence-corrected chi connectivity index (χ0v) is 13.6. The summed E-state index contributed by atoms with van der Waals surface area (Å²) >= 11 is 0. The second-order valence-electron chi connectivity index (χ2n) is 6.36. The Labute approximate surface area is 141 Å². The van der Waals surface area contributed by atoms with Gasteiger partial charge in [0, 0.05) is 24.4 Å². The fraction of sp³-hybridized carbons (Fsp3) is 0.300. The number of rotatable bonds is 4. The van der Waals surface area contributed by atoms with Gasteiger partial charge in [-0.05, 0) is 60.8 Å². The van der Waals surface area contributed by atoms with Crippen LogP contribution in [0.2, 0.25) is 0 Å².